The number of hydrogen-bond donors (Lipinski definition) is 1. The summed E-state index contributed by atoms with van der Waals surface area (Å²) >= 11 is 0. The molecule has 2 unspecified atom stereocenters. The van der Waals surface area contributed by atoms with Gasteiger partial charge in [-0.1, -0.05) is 6.92 Å². The lowest BCUT2D eigenvalue weighted by molar-refractivity contribution is 0.626. The van der Waals surface area contributed by atoms with E-state index in [1.165, 1.54) is 6.07 Å². The molecular weight excluding hydrogens is 227 g/mol. The van der Waals surface area contributed by atoms with Crippen LogP contribution >= 0.6 is 0 Å². The molecule has 2 atom stereocenters. The average molecular weight is 242 g/mol. The third-order valence-electron chi connectivity index (χ3n) is 3.01. The fraction of sp³-hybridized carbons (Fsp3) is 0.455. The van der Waals surface area contributed by atoms with E-state index < -0.39 is 16.6 Å². The van der Waals surface area contributed by atoms with Crippen LogP contribution in [0.3, 0.4) is 0 Å². The van der Waals surface area contributed by atoms with Crippen LogP contribution in [-0.2, 0) is 10.8 Å². The maximum absolute atomic E-state index is 13.3. The molecule has 1 aromatic carbocycles. The van der Waals surface area contributed by atoms with Crippen LogP contribution in [0.15, 0.2) is 17.0 Å². The summed E-state index contributed by atoms with van der Waals surface area (Å²) in [5, 5.41) is 0. The molecule has 0 saturated carbocycles. The zero-order chi connectivity index (χ0) is 11.9. The van der Waals surface area contributed by atoms with Crippen molar-refractivity contribution in [2.24, 2.45) is 0 Å². The molecule has 1 aromatic rings. The molecule has 0 radical (unpaired) electrons. The topological polar surface area (TPSA) is 46.3 Å². The van der Waals surface area contributed by atoms with Gasteiger partial charge in [-0.2, -0.15) is 0 Å². The van der Waals surface area contributed by atoms with Gasteiger partial charge in [0.05, 0.1) is 32.9 Å². The lowest BCUT2D eigenvalue weighted by Gasteiger charge is -2.25. The van der Waals surface area contributed by atoms with Gasteiger partial charge in [0.15, 0.2) is 0 Å². The average Bonchev–Trinajstić information content (AvgIpc) is 2.56. The minimum atomic E-state index is -1.14. The van der Waals surface area contributed by atoms with Gasteiger partial charge in [-0.3, -0.25) is 4.21 Å². The van der Waals surface area contributed by atoms with Crippen LogP contribution in [0.2, 0.25) is 0 Å². The summed E-state index contributed by atoms with van der Waals surface area (Å²) in [6, 6.07) is 3.17. The van der Waals surface area contributed by atoms with Gasteiger partial charge in [-0.15, -0.1) is 0 Å². The number of nitrogens with two attached hydrogens (primary N) is 1. The van der Waals surface area contributed by atoms with Crippen molar-refractivity contribution >= 4 is 22.2 Å². The van der Waals surface area contributed by atoms with Crippen LogP contribution < -0.4 is 10.6 Å². The molecule has 0 spiro atoms. The van der Waals surface area contributed by atoms with E-state index in [4.69, 9.17) is 5.73 Å². The van der Waals surface area contributed by atoms with Gasteiger partial charge in [0, 0.05) is 6.04 Å². The first-order valence-electron chi connectivity index (χ1n) is 5.28. The predicted octanol–water partition coefficient (Wildman–Crippen LogP) is 2.09. The molecule has 0 saturated heterocycles. The fourth-order valence-electron chi connectivity index (χ4n) is 1.82. The van der Waals surface area contributed by atoms with Gasteiger partial charge in [-0.05, 0) is 25.5 Å². The molecule has 1 aliphatic heterocycles. The van der Waals surface area contributed by atoms with Crippen molar-refractivity contribution in [1.29, 1.82) is 0 Å². The highest BCUT2D eigenvalue weighted by Crippen LogP contribution is 2.36. The van der Waals surface area contributed by atoms with E-state index >= 15 is 0 Å². The third kappa shape index (κ3) is 1.69. The van der Waals surface area contributed by atoms with E-state index in [9.17, 15) is 8.60 Å². The quantitative estimate of drug-likeness (QED) is 0.808. The maximum Gasteiger partial charge on any atom is 0.147 e. The Morgan fingerprint density at radius 1 is 1.62 bits per heavy atom. The van der Waals surface area contributed by atoms with E-state index in [1.807, 2.05) is 4.90 Å². The molecule has 1 heterocycles. The number of nitrogen functional groups attached to an aromatic ring is 1. The van der Waals surface area contributed by atoms with Gasteiger partial charge in [-0.25, -0.2) is 4.39 Å². The SMILES string of the molecule is CCC(C)N1CS(=O)c2cc(F)c(N)cc21. The van der Waals surface area contributed by atoms with Crippen molar-refractivity contribution < 1.29 is 8.60 Å². The third-order valence-corrected chi connectivity index (χ3v) is 4.34. The van der Waals surface area contributed by atoms with Crippen molar-refractivity contribution in [2.75, 3.05) is 16.5 Å². The highest BCUT2D eigenvalue weighted by Gasteiger charge is 2.29. The van der Waals surface area contributed by atoms with Crippen LogP contribution in [0.5, 0.6) is 0 Å². The number of fused-ring (bicyclic) bond motifs is 1. The Labute approximate surface area is 96.9 Å². The second-order valence-electron chi connectivity index (χ2n) is 4.04. The van der Waals surface area contributed by atoms with Crippen LogP contribution in [0.4, 0.5) is 15.8 Å². The Kier molecular flexibility index (Phi) is 2.88. The van der Waals surface area contributed by atoms with E-state index in [1.54, 1.807) is 6.07 Å². The summed E-state index contributed by atoms with van der Waals surface area (Å²) in [6.07, 6.45) is 0.952. The smallest absolute Gasteiger partial charge is 0.147 e. The molecule has 0 amide bonds. The van der Waals surface area contributed by atoms with Crippen molar-refractivity contribution in [3.63, 3.8) is 0 Å². The molecule has 88 valence electrons. The lowest BCUT2D eigenvalue weighted by Crippen LogP contribution is -2.31. The van der Waals surface area contributed by atoms with Crippen molar-refractivity contribution in [2.45, 2.75) is 31.2 Å². The standard InChI is InChI=1S/C11H15FN2OS/c1-3-7(2)14-6-16(15)11-4-8(12)9(13)5-10(11)14/h4-5,7H,3,6,13H2,1-2H3. The van der Waals surface area contributed by atoms with Crippen molar-refractivity contribution in [3.8, 4) is 0 Å². The minimum absolute atomic E-state index is 0.117. The maximum atomic E-state index is 13.3. The highest BCUT2D eigenvalue weighted by atomic mass is 32.2. The van der Waals surface area contributed by atoms with E-state index in [0.29, 0.717) is 10.8 Å². The first-order valence-corrected chi connectivity index (χ1v) is 6.60. The summed E-state index contributed by atoms with van der Waals surface area (Å²) in [5.74, 6) is -0.0501. The van der Waals surface area contributed by atoms with Gasteiger partial charge in [0.25, 0.3) is 0 Å². The summed E-state index contributed by atoms with van der Waals surface area (Å²) in [5.41, 5.74) is 6.47. The predicted molar refractivity (Wildman–Crippen MR) is 64.3 cm³/mol. The molecule has 2 N–H and O–H groups in total. The molecule has 2 rings (SSSR count). The van der Waals surface area contributed by atoms with E-state index in [2.05, 4.69) is 13.8 Å². The summed E-state index contributed by atoms with van der Waals surface area (Å²) in [7, 11) is -1.14. The van der Waals surface area contributed by atoms with Crippen LogP contribution in [0.1, 0.15) is 20.3 Å². The number of hydrogen-bond acceptors (Lipinski definition) is 3. The Morgan fingerprint density at radius 3 is 2.94 bits per heavy atom. The summed E-state index contributed by atoms with van der Waals surface area (Å²) in [4.78, 5) is 2.59. The lowest BCUT2D eigenvalue weighted by atomic mass is 10.2. The fourth-order valence-corrected chi connectivity index (χ4v) is 3.25. The Balaban J connectivity index is 2.49. The van der Waals surface area contributed by atoms with Gasteiger partial charge >= 0.3 is 0 Å². The molecule has 1 aliphatic rings. The molecule has 0 bridgehead atoms. The molecule has 16 heavy (non-hydrogen) atoms. The van der Waals surface area contributed by atoms with E-state index in [-0.39, 0.29) is 11.7 Å². The van der Waals surface area contributed by atoms with E-state index in [0.717, 1.165) is 12.1 Å². The van der Waals surface area contributed by atoms with Crippen LogP contribution in [0.25, 0.3) is 0 Å². The molecule has 0 fully saturated rings. The van der Waals surface area contributed by atoms with Crippen molar-refractivity contribution in [1.82, 2.24) is 0 Å². The second kappa shape index (κ2) is 4.05. The number of rotatable bonds is 2. The second-order valence-corrected chi connectivity index (χ2v) is 5.43. The van der Waals surface area contributed by atoms with Crippen LogP contribution in [0, 0.1) is 5.82 Å². The van der Waals surface area contributed by atoms with Crippen LogP contribution in [-0.4, -0.2) is 16.1 Å². The van der Waals surface area contributed by atoms with Gasteiger partial charge < -0.3 is 10.6 Å². The zero-order valence-corrected chi connectivity index (χ0v) is 10.2. The molecular formula is C11H15FN2OS. The first-order chi connectivity index (χ1) is 7.54. The molecule has 0 aromatic heterocycles. The zero-order valence-electron chi connectivity index (χ0n) is 9.37. The number of halogens is 1. The molecule has 0 aliphatic carbocycles. The van der Waals surface area contributed by atoms with Gasteiger partial charge in [0.1, 0.15) is 5.82 Å². The Morgan fingerprint density at radius 2 is 2.31 bits per heavy atom. The monoisotopic (exact) mass is 242 g/mol. The Bertz CT molecular complexity index is 450. The largest absolute Gasteiger partial charge is 0.396 e. The molecule has 3 nitrogen and oxygen atoms in total. The minimum Gasteiger partial charge on any atom is -0.396 e. The highest BCUT2D eigenvalue weighted by molar-refractivity contribution is 7.85. The molecule has 5 heteroatoms. The number of nitrogens with zero attached hydrogens (tertiary/aromatic N) is 1. The summed E-state index contributed by atoms with van der Waals surface area (Å²) < 4.78 is 25.1. The van der Waals surface area contributed by atoms with Crippen molar-refractivity contribution in [3.05, 3.63) is 17.9 Å². The van der Waals surface area contributed by atoms with Gasteiger partial charge in [0.2, 0.25) is 0 Å². The number of anilines is 2. The number of benzene rings is 1. The Hall–Kier alpha value is -1.10. The summed E-state index contributed by atoms with van der Waals surface area (Å²) in [6.45, 7) is 4.13. The first kappa shape index (κ1) is 11.4. The normalized spacial score (nSPS) is 20.9.